The van der Waals surface area contributed by atoms with Crippen LogP contribution in [-0.4, -0.2) is 41.2 Å². The highest BCUT2D eigenvalue weighted by Crippen LogP contribution is 2.55. The molecule has 20 heavy (non-hydrogen) atoms. The summed E-state index contributed by atoms with van der Waals surface area (Å²) in [5.41, 5.74) is 0. The van der Waals surface area contributed by atoms with E-state index in [1.807, 2.05) is 0 Å². The molecule has 0 radical (unpaired) electrons. The lowest BCUT2D eigenvalue weighted by molar-refractivity contribution is -0.404. The average Bonchev–Trinajstić information content (AvgIpc) is 2.56. The van der Waals surface area contributed by atoms with Gasteiger partial charge in [-0.05, 0) is 15.9 Å². The summed E-state index contributed by atoms with van der Waals surface area (Å²) in [5, 5.41) is -2.32. The minimum Gasteiger partial charge on any atom is -0.419 e. The van der Waals surface area contributed by atoms with E-state index in [-0.39, 0.29) is 0 Å². The molecule has 1 aliphatic rings. The lowest BCUT2D eigenvalue weighted by atomic mass is 9.99. The highest BCUT2D eigenvalue weighted by Gasteiger charge is 2.84. The first-order valence-corrected chi connectivity index (χ1v) is 5.29. The SMILES string of the molecule is O=C1OC(Br)C(C(F)(F)C(F)(F)C(F)(F)C(F)(F)F)O1. The fraction of sp³-hybridized carbons (Fsp3) is 0.857. The Hall–Kier alpha value is -0.880. The molecule has 0 amide bonds. The molecule has 2 unspecified atom stereocenters. The minimum atomic E-state index is -7.05. The van der Waals surface area contributed by atoms with Crippen molar-refractivity contribution in [1.29, 1.82) is 0 Å². The zero-order chi connectivity index (χ0) is 16.1. The van der Waals surface area contributed by atoms with Crippen molar-refractivity contribution >= 4 is 22.1 Å². The van der Waals surface area contributed by atoms with Gasteiger partial charge in [-0.1, -0.05) is 0 Å². The Balaban J connectivity index is 3.22. The van der Waals surface area contributed by atoms with E-state index >= 15 is 0 Å². The molecule has 0 spiro atoms. The van der Waals surface area contributed by atoms with Crippen LogP contribution in [0.5, 0.6) is 0 Å². The van der Waals surface area contributed by atoms with E-state index in [1.54, 1.807) is 0 Å². The number of alkyl halides is 10. The normalized spacial score (nSPS) is 25.4. The van der Waals surface area contributed by atoms with Gasteiger partial charge in [-0.15, -0.1) is 0 Å². The molecule has 2 atom stereocenters. The predicted octanol–water partition coefficient (Wildman–Crippen LogP) is 3.71. The quantitative estimate of drug-likeness (QED) is 0.422. The van der Waals surface area contributed by atoms with E-state index in [1.165, 1.54) is 0 Å². The molecule has 0 aliphatic carbocycles. The van der Waals surface area contributed by atoms with Crippen LogP contribution in [0.15, 0.2) is 0 Å². The van der Waals surface area contributed by atoms with Gasteiger partial charge in [-0.25, -0.2) is 4.79 Å². The Kier molecular flexibility index (Phi) is 3.92. The Morgan fingerprint density at radius 3 is 1.60 bits per heavy atom. The number of ether oxygens (including phenoxy) is 2. The number of cyclic esters (lactones) is 2. The van der Waals surface area contributed by atoms with Crippen LogP contribution in [0.4, 0.5) is 44.3 Å². The van der Waals surface area contributed by atoms with Crippen LogP contribution < -0.4 is 0 Å². The van der Waals surface area contributed by atoms with Gasteiger partial charge in [-0.2, -0.15) is 39.5 Å². The van der Waals surface area contributed by atoms with E-state index < -0.39 is 41.2 Å². The molecule has 0 aromatic carbocycles. The third-order valence-electron chi connectivity index (χ3n) is 2.20. The first kappa shape index (κ1) is 17.2. The van der Waals surface area contributed by atoms with Gasteiger partial charge in [0.1, 0.15) is 0 Å². The van der Waals surface area contributed by atoms with Crippen molar-refractivity contribution in [2.75, 3.05) is 0 Å². The molecule has 118 valence electrons. The molecule has 0 aromatic rings. The van der Waals surface area contributed by atoms with Gasteiger partial charge in [0.2, 0.25) is 11.1 Å². The predicted molar refractivity (Wildman–Crippen MR) is 45.0 cm³/mol. The smallest absolute Gasteiger partial charge is 0.419 e. The molecule has 13 heteroatoms. The molecule has 0 N–H and O–H groups in total. The Morgan fingerprint density at radius 1 is 0.850 bits per heavy atom. The zero-order valence-corrected chi connectivity index (χ0v) is 10.2. The first-order valence-electron chi connectivity index (χ1n) is 4.37. The zero-order valence-electron chi connectivity index (χ0n) is 8.66. The number of halogens is 10. The summed E-state index contributed by atoms with van der Waals surface area (Å²) < 4.78 is 120. The van der Waals surface area contributed by atoms with Crippen molar-refractivity contribution < 1.29 is 53.8 Å². The lowest BCUT2D eigenvalue weighted by Crippen LogP contribution is -2.65. The van der Waals surface area contributed by atoms with Crippen LogP contribution in [0.25, 0.3) is 0 Å². The molecule has 1 saturated heterocycles. The molecule has 0 aromatic heterocycles. The highest BCUT2D eigenvalue weighted by atomic mass is 79.9. The minimum absolute atomic E-state index is 1.93. The number of hydrogen-bond acceptors (Lipinski definition) is 3. The van der Waals surface area contributed by atoms with Crippen LogP contribution in [0, 0.1) is 0 Å². The van der Waals surface area contributed by atoms with E-state index in [4.69, 9.17) is 0 Å². The molecule has 1 fully saturated rings. The van der Waals surface area contributed by atoms with Crippen molar-refractivity contribution in [2.24, 2.45) is 0 Å². The summed E-state index contributed by atoms with van der Waals surface area (Å²) in [4.78, 5) is 10.4. The van der Waals surface area contributed by atoms with Crippen molar-refractivity contribution in [3.63, 3.8) is 0 Å². The Bertz CT molecular complexity index is 407. The summed E-state index contributed by atoms with van der Waals surface area (Å²) in [6.45, 7) is 0. The van der Waals surface area contributed by atoms with E-state index in [0.29, 0.717) is 0 Å². The topological polar surface area (TPSA) is 35.5 Å². The molecule has 1 aliphatic heterocycles. The van der Waals surface area contributed by atoms with Crippen LogP contribution in [0.2, 0.25) is 0 Å². The van der Waals surface area contributed by atoms with Gasteiger partial charge in [0.15, 0.2) is 0 Å². The second kappa shape index (κ2) is 4.56. The summed E-state index contributed by atoms with van der Waals surface area (Å²) in [5.74, 6) is -20.0. The van der Waals surface area contributed by atoms with Crippen LogP contribution in [0.3, 0.4) is 0 Å². The first-order chi connectivity index (χ1) is 8.66. The molecule has 0 saturated carbocycles. The fourth-order valence-corrected chi connectivity index (χ4v) is 1.74. The van der Waals surface area contributed by atoms with Crippen LogP contribution in [0.1, 0.15) is 0 Å². The summed E-state index contributed by atoms with van der Waals surface area (Å²) in [6.07, 6.45) is -12.2. The third kappa shape index (κ3) is 2.29. The lowest BCUT2D eigenvalue weighted by Gasteiger charge is -2.35. The summed E-state index contributed by atoms with van der Waals surface area (Å²) in [6, 6.07) is 0. The maximum Gasteiger partial charge on any atom is 0.510 e. The maximum absolute atomic E-state index is 13.2. The third-order valence-corrected chi connectivity index (χ3v) is 2.86. The summed E-state index contributed by atoms with van der Waals surface area (Å²) in [7, 11) is 0. The molecular weight excluding hydrogens is 383 g/mol. The number of hydrogen-bond donors (Lipinski definition) is 0. The summed E-state index contributed by atoms with van der Waals surface area (Å²) >= 11 is 2.08. The maximum atomic E-state index is 13.2. The number of carbonyl (C=O) groups excluding carboxylic acids is 1. The highest BCUT2D eigenvalue weighted by molar-refractivity contribution is 9.09. The number of rotatable bonds is 3. The second-order valence-corrected chi connectivity index (χ2v) is 4.43. The van der Waals surface area contributed by atoms with Crippen molar-refractivity contribution in [3.05, 3.63) is 0 Å². The standard InChI is InChI=1S/C7H2BrF9O3/c8-2-1(19-3(18)20-2)4(9,10)5(11,12)6(13,14)7(15,16)17/h1-2H. The Morgan fingerprint density at radius 2 is 1.30 bits per heavy atom. The van der Waals surface area contributed by atoms with Gasteiger partial charge < -0.3 is 9.47 Å². The van der Waals surface area contributed by atoms with Crippen molar-refractivity contribution in [1.82, 2.24) is 0 Å². The fourth-order valence-electron chi connectivity index (χ4n) is 1.14. The Labute approximate surface area is 112 Å². The van der Waals surface area contributed by atoms with E-state index in [9.17, 15) is 44.3 Å². The molecule has 1 heterocycles. The molecular formula is C7H2BrF9O3. The second-order valence-electron chi connectivity index (χ2n) is 3.53. The van der Waals surface area contributed by atoms with Crippen LogP contribution >= 0.6 is 15.9 Å². The van der Waals surface area contributed by atoms with Crippen molar-refractivity contribution in [3.8, 4) is 0 Å². The van der Waals surface area contributed by atoms with Crippen molar-refractivity contribution in [2.45, 2.75) is 35.1 Å². The van der Waals surface area contributed by atoms with Gasteiger partial charge in [-0.3, -0.25) is 0 Å². The van der Waals surface area contributed by atoms with Gasteiger partial charge in [0.05, 0.1) is 0 Å². The average molecular weight is 385 g/mol. The monoisotopic (exact) mass is 384 g/mol. The molecule has 3 nitrogen and oxygen atoms in total. The van der Waals surface area contributed by atoms with E-state index in [0.717, 1.165) is 0 Å². The van der Waals surface area contributed by atoms with Gasteiger partial charge in [0, 0.05) is 0 Å². The van der Waals surface area contributed by atoms with Crippen LogP contribution in [-0.2, 0) is 9.47 Å². The molecule has 1 rings (SSSR count). The number of carbonyl (C=O) groups is 1. The van der Waals surface area contributed by atoms with E-state index in [2.05, 4.69) is 25.4 Å². The van der Waals surface area contributed by atoms with Gasteiger partial charge in [0.25, 0.3) is 0 Å². The van der Waals surface area contributed by atoms with Gasteiger partial charge >= 0.3 is 30.1 Å². The largest absolute Gasteiger partial charge is 0.510 e. The molecule has 0 bridgehead atoms.